The van der Waals surface area contributed by atoms with Crippen molar-refractivity contribution < 1.29 is 23.5 Å². The van der Waals surface area contributed by atoms with Crippen molar-refractivity contribution in [2.24, 2.45) is 0 Å². The maximum Gasteiger partial charge on any atom is 0.326 e. The van der Waals surface area contributed by atoms with Gasteiger partial charge in [-0.05, 0) is 23.6 Å². The molecular formula is C19H16N2O5S. The molecule has 0 N–H and O–H groups in total. The van der Waals surface area contributed by atoms with E-state index in [0.717, 1.165) is 4.88 Å². The van der Waals surface area contributed by atoms with Gasteiger partial charge < -0.3 is 13.9 Å². The molecule has 1 aromatic carbocycles. The Kier molecular flexibility index (Phi) is 4.88. The van der Waals surface area contributed by atoms with Crippen LogP contribution in [0.15, 0.2) is 52.5 Å². The third kappa shape index (κ3) is 3.85. The second kappa shape index (κ2) is 7.63. The van der Waals surface area contributed by atoms with E-state index in [4.69, 9.17) is 13.9 Å². The van der Waals surface area contributed by atoms with Crippen molar-refractivity contribution in [3.8, 4) is 16.5 Å². The van der Waals surface area contributed by atoms with Crippen molar-refractivity contribution in [3.05, 3.63) is 53.7 Å². The molecule has 0 saturated carbocycles. The van der Waals surface area contributed by atoms with Gasteiger partial charge in [-0.2, -0.15) is 0 Å². The van der Waals surface area contributed by atoms with Crippen molar-refractivity contribution >= 4 is 28.9 Å². The van der Waals surface area contributed by atoms with E-state index in [-0.39, 0.29) is 32.1 Å². The highest BCUT2D eigenvalue weighted by Crippen LogP contribution is 2.31. The van der Waals surface area contributed by atoms with Crippen molar-refractivity contribution in [1.29, 1.82) is 0 Å². The lowest BCUT2D eigenvalue weighted by Crippen LogP contribution is -2.36. The number of carbonyl (C=O) groups is 2. The molecule has 138 valence electrons. The lowest BCUT2D eigenvalue weighted by molar-refractivity contribution is -0.144. The summed E-state index contributed by atoms with van der Waals surface area (Å²) in [6, 6.07) is 10.9. The number of nitrogens with zero attached hydrogens (tertiary/aromatic N) is 2. The predicted octanol–water partition coefficient (Wildman–Crippen LogP) is 3.26. The van der Waals surface area contributed by atoms with Gasteiger partial charge in [0.15, 0.2) is 0 Å². The zero-order chi connectivity index (χ0) is 18.6. The van der Waals surface area contributed by atoms with Gasteiger partial charge in [0.05, 0.1) is 23.6 Å². The van der Waals surface area contributed by atoms with Crippen molar-refractivity contribution in [3.63, 3.8) is 0 Å². The Balaban J connectivity index is 1.40. The van der Waals surface area contributed by atoms with Crippen LogP contribution in [-0.4, -0.2) is 30.0 Å². The minimum Gasteiger partial charge on any atom is -0.491 e. The number of fused-ring (bicyclic) bond motifs is 1. The zero-order valence-corrected chi connectivity index (χ0v) is 15.1. The molecule has 7 nitrogen and oxygen atoms in total. The van der Waals surface area contributed by atoms with Crippen molar-refractivity contribution in [2.75, 3.05) is 18.1 Å². The van der Waals surface area contributed by atoms with Crippen molar-refractivity contribution in [1.82, 2.24) is 4.98 Å². The van der Waals surface area contributed by atoms with Gasteiger partial charge in [0.2, 0.25) is 11.8 Å². The largest absolute Gasteiger partial charge is 0.491 e. The van der Waals surface area contributed by atoms with Crippen molar-refractivity contribution in [2.45, 2.75) is 13.0 Å². The fraction of sp³-hybridized carbons (Fsp3) is 0.211. The highest BCUT2D eigenvalue weighted by Gasteiger charge is 2.25. The van der Waals surface area contributed by atoms with Crippen LogP contribution in [0.2, 0.25) is 0 Å². The molecule has 3 aromatic rings. The second-order valence-electron chi connectivity index (χ2n) is 5.83. The fourth-order valence-electron chi connectivity index (χ4n) is 2.71. The summed E-state index contributed by atoms with van der Waals surface area (Å²) in [6.07, 6.45) is 1.66. The summed E-state index contributed by atoms with van der Waals surface area (Å²) >= 11 is 1.51. The minimum absolute atomic E-state index is 0.0200. The summed E-state index contributed by atoms with van der Waals surface area (Å²) in [5.74, 6) is 0.358. The first-order valence-corrected chi connectivity index (χ1v) is 9.25. The average molecular weight is 384 g/mol. The van der Waals surface area contributed by atoms with Gasteiger partial charge in [-0.1, -0.05) is 18.2 Å². The number of oxazole rings is 1. The number of para-hydroxylation sites is 2. The second-order valence-corrected chi connectivity index (χ2v) is 6.78. The molecule has 2 aromatic heterocycles. The predicted molar refractivity (Wildman–Crippen MR) is 98.5 cm³/mol. The number of hydrogen-bond acceptors (Lipinski definition) is 7. The van der Waals surface area contributed by atoms with Gasteiger partial charge in [-0.3, -0.25) is 14.5 Å². The molecule has 0 bridgehead atoms. The van der Waals surface area contributed by atoms with Crippen LogP contribution >= 0.6 is 11.3 Å². The number of anilines is 1. The first-order chi connectivity index (χ1) is 13.2. The topological polar surface area (TPSA) is 81.9 Å². The summed E-state index contributed by atoms with van der Waals surface area (Å²) < 4.78 is 16.2. The molecule has 3 heterocycles. The maximum atomic E-state index is 12.3. The number of aromatic nitrogens is 1. The number of rotatable bonds is 5. The highest BCUT2D eigenvalue weighted by molar-refractivity contribution is 7.13. The van der Waals surface area contributed by atoms with Gasteiger partial charge in [0.25, 0.3) is 0 Å². The fourth-order valence-corrected chi connectivity index (χ4v) is 3.36. The molecule has 0 atom stereocenters. The van der Waals surface area contributed by atoms with E-state index < -0.39 is 5.97 Å². The van der Waals surface area contributed by atoms with Crippen LogP contribution in [0, 0.1) is 0 Å². The Morgan fingerprint density at radius 1 is 1.26 bits per heavy atom. The summed E-state index contributed by atoms with van der Waals surface area (Å²) in [7, 11) is 0. The quantitative estimate of drug-likeness (QED) is 0.628. The van der Waals surface area contributed by atoms with Crippen LogP contribution in [0.3, 0.4) is 0 Å². The molecule has 0 unspecified atom stereocenters. The lowest BCUT2D eigenvalue weighted by atomic mass is 10.2. The number of carbonyl (C=O) groups excluding carboxylic acids is 2. The highest BCUT2D eigenvalue weighted by atomic mass is 32.1. The molecule has 8 heteroatoms. The van der Waals surface area contributed by atoms with Crippen LogP contribution in [0.25, 0.3) is 10.8 Å². The van der Waals surface area contributed by atoms with Crippen LogP contribution in [-0.2, 0) is 20.9 Å². The van der Waals surface area contributed by atoms with E-state index in [1.165, 1.54) is 22.5 Å². The number of amides is 1. The lowest BCUT2D eigenvalue weighted by Gasteiger charge is -2.20. The van der Waals surface area contributed by atoms with E-state index in [1.54, 1.807) is 18.2 Å². The zero-order valence-electron chi connectivity index (χ0n) is 14.3. The molecule has 0 spiro atoms. The summed E-state index contributed by atoms with van der Waals surface area (Å²) in [6.45, 7) is 0.0779. The maximum absolute atomic E-state index is 12.3. The number of hydrogen-bond donors (Lipinski definition) is 0. The Morgan fingerprint density at radius 2 is 2.15 bits per heavy atom. The molecule has 1 amide bonds. The van der Waals surface area contributed by atoms with E-state index >= 15 is 0 Å². The van der Waals surface area contributed by atoms with Gasteiger partial charge in [0.1, 0.15) is 30.9 Å². The minimum atomic E-state index is -0.527. The number of thiophene rings is 1. The molecule has 27 heavy (non-hydrogen) atoms. The molecular weight excluding hydrogens is 368 g/mol. The summed E-state index contributed by atoms with van der Waals surface area (Å²) in [5, 5.41) is 1.93. The summed E-state index contributed by atoms with van der Waals surface area (Å²) in [4.78, 5) is 31.2. The summed E-state index contributed by atoms with van der Waals surface area (Å²) in [5.41, 5.74) is 1.08. The normalized spacial score (nSPS) is 13.6. The molecule has 0 saturated heterocycles. The number of ether oxygens (including phenoxy) is 2. The standard InChI is InChI=1S/C19H16N2O5S/c22-17-7-8-24-15-5-2-1-4-14(15)21(17)10-18(23)25-11-13-12-26-19(20-13)16-6-3-9-27-16/h1-6,9,12H,7-8,10-11H2. The average Bonchev–Trinajstić information content (AvgIpc) is 3.34. The molecule has 0 aliphatic carbocycles. The van der Waals surface area contributed by atoms with E-state index in [2.05, 4.69) is 4.98 Å². The van der Waals surface area contributed by atoms with E-state index in [1.807, 2.05) is 23.6 Å². The van der Waals surface area contributed by atoms with Crippen LogP contribution in [0.5, 0.6) is 5.75 Å². The van der Waals surface area contributed by atoms with Crippen LogP contribution < -0.4 is 9.64 Å². The van der Waals surface area contributed by atoms with Crippen LogP contribution in [0.4, 0.5) is 5.69 Å². The Morgan fingerprint density at radius 3 is 3.00 bits per heavy atom. The molecule has 0 radical (unpaired) electrons. The SMILES string of the molecule is O=C(CN1C(=O)CCOc2ccccc21)OCc1coc(-c2cccs2)n1. The Bertz CT molecular complexity index is 951. The van der Waals surface area contributed by atoms with Gasteiger partial charge >= 0.3 is 5.97 Å². The van der Waals surface area contributed by atoms with Gasteiger partial charge in [0, 0.05) is 0 Å². The Hall–Kier alpha value is -3.13. The molecule has 1 aliphatic heterocycles. The van der Waals surface area contributed by atoms with E-state index in [0.29, 0.717) is 23.0 Å². The smallest absolute Gasteiger partial charge is 0.326 e. The third-order valence-corrected chi connectivity index (χ3v) is 4.84. The van der Waals surface area contributed by atoms with Crippen LogP contribution in [0.1, 0.15) is 12.1 Å². The van der Waals surface area contributed by atoms with Gasteiger partial charge in [-0.15, -0.1) is 11.3 Å². The molecule has 0 fully saturated rings. The number of esters is 1. The first-order valence-electron chi connectivity index (χ1n) is 8.37. The Labute approximate surface area is 159 Å². The molecule has 4 rings (SSSR count). The first kappa shape index (κ1) is 17.3. The monoisotopic (exact) mass is 384 g/mol. The van der Waals surface area contributed by atoms with E-state index in [9.17, 15) is 9.59 Å². The number of benzene rings is 1. The van der Waals surface area contributed by atoms with Gasteiger partial charge in [-0.25, -0.2) is 4.98 Å². The third-order valence-electron chi connectivity index (χ3n) is 3.98. The molecule has 1 aliphatic rings.